The summed E-state index contributed by atoms with van der Waals surface area (Å²) in [7, 11) is 5.61. The molecule has 6 nitrogen and oxygen atoms in total. The van der Waals surface area contributed by atoms with Gasteiger partial charge in [0.2, 0.25) is 5.91 Å². The largest absolute Gasteiger partial charge is 0.352 e. The number of piperidine rings is 1. The van der Waals surface area contributed by atoms with Crippen LogP contribution in [0.2, 0.25) is 0 Å². The number of benzene rings is 2. The van der Waals surface area contributed by atoms with Gasteiger partial charge in [-0.1, -0.05) is 42.5 Å². The van der Waals surface area contributed by atoms with E-state index in [2.05, 4.69) is 56.9 Å². The lowest BCUT2D eigenvalue weighted by Crippen LogP contribution is -2.45. The van der Waals surface area contributed by atoms with Crippen LogP contribution in [0.25, 0.3) is 0 Å². The molecule has 174 valence electrons. The number of anilines is 1. The van der Waals surface area contributed by atoms with E-state index in [0.29, 0.717) is 13.1 Å². The molecule has 0 spiro atoms. The third-order valence-corrected chi connectivity index (χ3v) is 5.61. The van der Waals surface area contributed by atoms with Crippen LogP contribution in [-0.2, 0) is 17.8 Å². The number of rotatable bonds is 7. The highest BCUT2D eigenvalue weighted by Crippen LogP contribution is 2.21. The van der Waals surface area contributed by atoms with E-state index in [0.717, 1.165) is 42.6 Å². The summed E-state index contributed by atoms with van der Waals surface area (Å²) >= 11 is 0. The second-order valence-corrected chi connectivity index (χ2v) is 8.51. The van der Waals surface area contributed by atoms with E-state index in [9.17, 15) is 4.79 Å². The monoisotopic (exact) mass is 549 g/mol. The van der Waals surface area contributed by atoms with Crippen LogP contribution in [0.4, 0.5) is 5.69 Å². The van der Waals surface area contributed by atoms with Crippen LogP contribution in [0.5, 0.6) is 0 Å². The Morgan fingerprint density at radius 2 is 1.75 bits per heavy atom. The summed E-state index contributed by atoms with van der Waals surface area (Å²) in [5, 5.41) is 6.44. The molecule has 1 fully saturated rings. The van der Waals surface area contributed by atoms with Crippen molar-refractivity contribution in [2.45, 2.75) is 25.8 Å². The number of aliphatic imine (C=N–C) groups is 1. The number of hydrogen-bond donors (Lipinski definition) is 2. The number of halogens is 1. The van der Waals surface area contributed by atoms with E-state index in [1.165, 1.54) is 18.4 Å². The molecule has 0 aromatic heterocycles. The van der Waals surface area contributed by atoms with Gasteiger partial charge in [0.05, 0.1) is 6.54 Å². The van der Waals surface area contributed by atoms with E-state index in [4.69, 9.17) is 0 Å². The lowest BCUT2D eigenvalue weighted by molar-refractivity contribution is -0.116. The van der Waals surface area contributed by atoms with Crippen molar-refractivity contribution in [1.29, 1.82) is 0 Å². The third kappa shape index (κ3) is 8.43. The van der Waals surface area contributed by atoms with Gasteiger partial charge in [0.15, 0.2) is 5.96 Å². The van der Waals surface area contributed by atoms with Gasteiger partial charge >= 0.3 is 0 Å². The molecule has 2 aromatic carbocycles. The minimum atomic E-state index is -0.00991. The Balaban J connectivity index is 0.00000363. The molecular weight excluding hydrogens is 513 g/mol. The lowest BCUT2D eigenvalue weighted by Gasteiger charge is -2.34. The van der Waals surface area contributed by atoms with Gasteiger partial charge < -0.3 is 20.4 Å². The highest BCUT2D eigenvalue weighted by atomic mass is 127. The van der Waals surface area contributed by atoms with Gasteiger partial charge in [-0.3, -0.25) is 9.79 Å². The van der Waals surface area contributed by atoms with Crippen molar-refractivity contribution in [1.82, 2.24) is 15.1 Å². The molecule has 1 heterocycles. The van der Waals surface area contributed by atoms with Gasteiger partial charge in [0.1, 0.15) is 0 Å². The first kappa shape index (κ1) is 26.1. The highest BCUT2D eigenvalue weighted by Gasteiger charge is 2.21. The maximum Gasteiger partial charge on any atom is 0.238 e. The molecular formula is C25H36IN5O. The Labute approximate surface area is 209 Å². The van der Waals surface area contributed by atoms with Crippen molar-refractivity contribution in [2.75, 3.05) is 46.1 Å². The summed E-state index contributed by atoms with van der Waals surface area (Å²) in [4.78, 5) is 20.7. The zero-order valence-corrected chi connectivity index (χ0v) is 21.7. The van der Waals surface area contributed by atoms with Crippen LogP contribution in [0.15, 0.2) is 59.6 Å². The Morgan fingerprint density at radius 3 is 2.41 bits per heavy atom. The van der Waals surface area contributed by atoms with Crippen LogP contribution >= 0.6 is 24.0 Å². The summed E-state index contributed by atoms with van der Waals surface area (Å²) in [6.07, 6.45) is 3.53. The molecule has 3 rings (SSSR count). The average Bonchev–Trinajstić information content (AvgIpc) is 2.75. The topological polar surface area (TPSA) is 60.0 Å². The highest BCUT2D eigenvalue weighted by molar-refractivity contribution is 14.0. The summed E-state index contributed by atoms with van der Waals surface area (Å²) in [6, 6.07) is 18.7. The first-order valence-electron chi connectivity index (χ1n) is 11.1. The number of nitrogens with zero attached hydrogens (tertiary/aromatic N) is 3. The van der Waals surface area contributed by atoms with Crippen LogP contribution in [0.3, 0.4) is 0 Å². The number of likely N-dealkylation sites (N-methyl/N-ethyl adjacent to an activating group) is 1. The molecule has 0 aliphatic carbocycles. The Bertz CT molecular complexity index is 864. The molecule has 7 heteroatoms. The molecule has 2 N–H and O–H groups in total. The van der Waals surface area contributed by atoms with E-state index >= 15 is 0 Å². The van der Waals surface area contributed by atoms with Crippen molar-refractivity contribution in [3.8, 4) is 0 Å². The Morgan fingerprint density at radius 1 is 1.06 bits per heavy atom. The van der Waals surface area contributed by atoms with Gasteiger partial charge in [-0.05, 0) is 62.5 Å². The minimum Gasteiger partial charge on any atom is -0.352 e. The van der Waals surface area contributed by atoms with Gasteiger partial charge in [0, 0.05) is 32.4 Å². The van der Waals surface area contributed by atoms with Crippen molar-refractivity contribution < 1.29 is 4.79 Å². The molecule has 1 saturated heterocycles. The molecule has 2 aromatic rings. The average molecular weight is 550 g/mol. The lowest BCUT2D eigenvalue weighted by atomic mass is 9.90. The first-order valence-corrected chi connectivity index (χ1v) is 11.1. The van der Waals surface area contributed by atoms with Crippen molar-refractivity contribution in [3.05, 3.63) is 65.7 Å². The Hall–Kier alpha value is -2.13. The number of hydrogen-bond acceptors (Lipinski definition) is 3. The second kappa shape index (κ2) is 13.4. The number of carbonyl (C=O) groups is 1. The van der Waals surface area contributed by atoms with Gasteiger partial charge in [0.25, 0.3) is 0 Å². The zero-order valence-electron chi connectivity index (χ0n) is 19.4. The third-order valence-electron chi connectivity index (χ3n) is 5.61. The predicted octanol–water partition coefficient (Wildman–Crippen LogP) is 3.83. The number of likely N-dealkylation sites (tertiary alicyclic amines) is 1. The fraction of sp³-hybridized carbons (Fsp3) is 0.440. The van der Waals surface area contributed by atoms with E-state index in [1.807, 2.05) is 44.2 Å². The molecule has 0 unspecified atom stereocenters. The van der Waals surface area contributed by atoms with E-state index in [-0.39, 0.29) is 29.9 Å². The summed E-state index contributed by atoms with van der Waals surface area (Å²) < 4.78 is 0. The second-order valence-electron chi connectivity index (χ2n) is 8.51. The fourth-order valence-electron chi connectivity index (χ4n) is 4.06. The van der Waals surface area contributed by atoms with Crippen LogP contribution in [0, 0.1) is 5.92 Å². The van der Waals surface area contributed by atoms with E-state index in [1.54, 1.807) is 0 Å². The number of carbonyl (C=O) groups excluding carboxylic acids is 1. The van der Waals surface area contributed by atoms with Crippen LogP contribution in [-0.4, -0.2) is 62.4 Å². The maximum absolute atomic E-state index is 12.0. The minimum absolute atomic E-state index is 0. The summed E-state index contributed by atoms with van der Waals surface area (Å²) in [5.74, 6) is 1.67. The number of nitrogens with one attached hydrogen (secondary N) is 2. The number of guanidine groups is 1. The normalized spacial score (nSPS) is 14.8. The van der Waals surface area contributed by atoms with Gasteiger partial charge in [-0.2, -0.15) is 0 Å². The van der Waals surface area contributed by atoms with E-state index < -0.39 is 0 Å². The summed E-state index contributed by atoms with van der Waals surface area (Å²) in [5.41, 5.74) is 3.37. The predicted molar refractivity (Wildman–Crippen MR) is 144 cm³/mol. The molecule has 1 amide bonds. The molecule has 1 aliphatic rings. The molecule has 1 aliphatic heterocycles. The maximum atomic E-state index is 12.0. The molecule has 0 radical (unpaired) electrons. The Kier molecular flexibility index (Phi) is 11.0. The smallest absolute Gasteiger partial charge is 0.238 e. The van der Waals surface area contributed by atoms with Crippen molar-refractivity contribution >= 4 is 41.5 Å². The zero-order chi connectivity index (χ0) is 22.1. The molecule has 0 saturated carbocycles. The molecule has 0 atom stereocenters. The molecule has 32 heavy (non-hydrogen) atoms. The van der Waals surface area contributed by atoms with Crippen molar-refractivity contribution in [2.24, 2.45) is 10.9 Å². The quantitative estimate of drug-likeness (QED) is 0.313. The summed E-state index contributed by atoms with van der Waals surface area (Å²) in [6.45, 7) is 3.10. The van der Waals surface area contributed by atoms with Crippen LogP contribution < -0.4 is 10.6 Å². The van der Waals surface area contributed by atoms with Gasteiger partial charge in [-0.15, -0.1) is 24.0 Å². The fourth-order valence-corrected chi connectivity index (χ4v) is 4.06. The SMILES string of the molecule is CN=C(NCc1cccc(NC(=O)CN(C)C)c1)N1CCC(Cc2ccccc2)CC1.I. The molecule has 0 bridgehead atoms. The van der Waals surface area contributed by atoms with Gasteiger partial charge in [-0.25, -0.2) is 0 Å². The standard InChI is InChI=1S/C25H35N5O.HI/c1-26-25(30-14-12-21(13-15-30)16-20-8-5-4-6-9-20)27-18-22-10-7-11-23(17-22)28-24(31)19-29(2)3;/h4-11,17,21H,12-16,18-19H2,1-3H3,(H,26,27)(H,28,31);1H. The number of amides is 1. The first-order chi connectivity index (χ1) is 15.0. The van der Waals surface area contributed by atoms with Crippen LogP contribution in [0.1, 0.15) is 24.0 Å². The van der Waals surface area contributed by atoms with Crippen molar-refractivity contribution in [3.63, 3.8) is 0 Å².